The van der Waals surface area contributed by atoms with Crippen molar-refractivity contribution in [2.24, 2.45) is 0 Å². The molecule has 1 saturated carbocycles. The summed E-state index contributed by atoms with van der Waals surface area (Å²) in [4.78, 5) is 27.8. The molecule has 30 heavy (non-hydrogen) atoms. The molecule has 6 heteroatoms. The number of hydrogen-bond donors (Lipinski definition) is 1. The number of carbonyl (C=O) groups excluding carboxylic acids is 2. The number of nitrogens with zero attached hydrogens (tertiary/aromatic N) is 1. The Balaban J connectivity index is 1.75. The van der Waals surface area contributed by atoms with Gasteiger partial charge in [0.25, 0.3) is 0 Å². The van der Waals surface area contributed by atoms with Crippen LogP contribution in [0.4, 0.5) is 0 Å². The highest BCUT2D eigenvalue weighted by atomic mass is 35.5. The van der Waals surface area contributed by atoms with E-state index in [1.165, 1.54) is 6.42 Å². The quantitative estimate of drug-likeness (QED) is 0.618. The third-order valence-corrected chi connectivity index (χ3v) is 6.39. The van der Waals surface area contributed by atoms with Gasteiger partial charge in [-0.05, 0) is 43.0 Å². The molecule has 2 aromatic rings. The normalized spacial score (nSPS) is 15.4. The molecule has 1 atom stereocenters. The number of rotatable bonds is 7. The van der Waals surface area contributed by atoms with Crippen molar-refractivity contribution in [1.82, 2.24) is 10.2 Å². The van der Waals surface area contributed by atoms with Crippen LogP contribution in [0.3, 0.4) is 0 Å². The molecule has 0 aliphatic heterocycles. The summed E-state index contributed by atoms with van der Waals surface area (Å²) in [5, 5.41) is 4.02. The second kappa shape index (κ2) is 10.8. The number of amides is 2. The molecule has 1 aliphatic carbocycles. The first-order valence-electron chi connectivity index (χ1n) is 10.5. The lowest BCUT2D eigenvalue weighted by atomic mass is 9.95. The molecule has 4 nitrogen and oxygen atoms in total. The van der Waals surface area contributed by atoms with Gasteiger partial charge in [-0.15, -0.1) is 0 Å². The van der Waals surface area contributed by atoms with Crippen molar-refractivity contribution >= 4 is 35.0 Å². The third kappa shape index (κ3) is 6.23. The van der Waals surface area contributed by atoms with Gasteiger partial charge in [0.05, 0.1) is 16.5 Å². The molecule has 0 radical (unpaired) electrons. The SMILES string of the molecule is C[C@H](C(=O)NC1CCCCC1)N(Cc1ccccc1)C(=O)Cc1ccc(Cl)c(Cl)c1. The minimum absolute atomic E-state index is 0.0969. The Morgan fingerprint density at radius 1 is 1.00 bits per heavy atom. The van der Waals surface area contributed by atoms with E-state index in [1.807, 2.05) is 30.3 Å². The predicted octanol–water partition coefficient (Wildman–Crippen LogP) is 5.40. The molecular formula is C24H28Cl2N2O2. The second-order valence-electron chi connectivity index (χ2n) is 7.95. The molecule has 2 amide bonds. The van der Waals surface area contributed by atoms with Crippen LogP contribution in [0, 0.1) is 0 Å². The van der Waals surface area contributed by atoms with Crippen LogP contribution in [0.1, 0.15) is 50.2 Å². The number of halogens is 2. The van der Waals surface area contributed by atoms with Crippen LogP contribution in [-0.2, 0) is 22.6 Å². The van der Waals surface area contributed by atoms with Gasteiger partial charge in [-0.1, -0.05) is 78.9 Å². The van der Waals surface area contributed by atoms with Crippen LogP contribution >= 0.6 is 23.2 Å². The molecule has 2 aromatic carbocycles. The lowest BCUT2D eigenvalue weighted by molar-refractivity contribution is -0.140. The molecule has 0 unspecified atom stereocenters. The summed E-state index contributed by atoms with van der Waals surface area (Å²) < 4.78 is 0. The molecule has 1 N–H and O–H groups in total. The fourth-order valence-electron chi connectivity index (χ4n) is 3.86. The first-order chi connectivity index (χ1) is 14.4. The summed E-state index contributed by atoms with van der Waals surface area (Å²) in [6.45, 7) is 2.17. The van der Waals surface area contributed by atoms with Gasteiger partial charge in [0, 0.05) is 12.6 Å². The first-order valence-corrected chi connectivity index (χ1v) is 11.3. The van der Waals surface area contributed by atoms with E-state index in [9.17, 15) is 9.59 Å². The van der Waals surface area contributed by atoms with Crippen LogP contribution in [0.15, 0.2) is 48.5 Å². The van der Waals surface area contributed by atoms with Crippen LogP contribution in [-0.4, -0.2) is 28.8 Å². The Kier molecular flexibility index (Phi) is 8.17. The Labute approximate surface area is 188 Å². The summed E-state index contributed by atoms with van der Waals surface area (Å²) in [6, 6.07) is 14.6. The smallest absolute Gasteiger partial charge is 0.242 e. The summed E-state index contributed by atoms with van der Waals surface area (Å²) in [7, 11) is 0. The highest BCUT2D eigenvalue weighted by Gasteiger charge is 2.28. The average molecular weight is 447 g/mol. The van der Waals surface area contributed by atoms with E-state index in [2.05, 4.69) is 5.32 Å². The molecule has 1 fully saturated rings. The standard InChI is InChI=1S/C24H28Cl2N2O2/c1-17(24(30)27-20-10-6-3-7-11-20)28(16-18-8-4-2-5-9-18)23(29)15-19-12-13-21(25)22(26)14-19/h2,4-5,8-9,12-14,17,20H,3,6-7,10-11,15-16H2,1H3,(H,27,30)/t17-/m1/s1. The second-order valence-corrected chi connectivity index (χ2v) is 8.77. The highest BCUT2D eigenvalue weighted by molar-refractivity contribution is 6.42. The van der Waals surface area contributed by atoms with E-state index < -0.39 is 6.04 Å². The van der Waals surface area contributed by atoms with Crippen molar-refractivity contribution in [3.63, 3.8) is 0 Å². The molecule has 0 bridgehead atoms. The molecule has 160 valence electrons. The molecular weight excluding hydrogens is 419 g/mol. The maximum atomic E-state index is 13.2. The zero-order chi connectivity index (χ0) is 21.5. The van der Waals surface area contributed by atoms with E-state index in [-0.39, 0.29) is 24.3 Å². The van der Waals surface area contributed by atoms with Crippen molar-refractivity contribution in [2.75, 3.05) is 0 Å². The number of benzene rings is 2. The molecule has 3 rings (SSSR count). The van der Waals surface area contributed by atoms with Crippen LogP contribution in [0.2, 0.25) is 10.0 Å². The minimum atomic E-state index is -0.567. The monoisotopic (exact) mass is 446 g/mol. The van der Waals surface area contributed by atoms with Crippen LogP contribution in [0.5, 0.6) is 0 Å². The molecule has 0 aromatic heterocycles. The van der Waals surface area contributed by atoms with Crippen LogP contribution in [0.25, 0.3) is 0 Å². The molecule has 1 aliphatic rings. The number of carbonyl (C=O) groups is 2. The van der Waals surface area contributed by atoms with Crippen molar-refractivity contribution in [3.05, 3.63) is 69.7 Å². The number of nitrogens with one attached hydrogen (secondary N) is 1. The first kappa shape index (κ1) is 22.6. The largest absolute Gasteiger partial charge is 0.352 e. The maximum Gasteiger partial charge on any atom is 0.242 e. The van der Waals surface area contributed by atoms with Gasteiger partial charge >= 0.3 is 0 Å². The summed E-state index contributed by atoms with van der Waals surface area (Å²) in [5.74, 6) is -0.219. The Hall–Kier alpha value is -2.04. The Morgan fingerprint density at radius 2 is 1.70 bits per heavy atom. The van der Waals surface area contributed by atoms with Gasteiger partial charge in [0.1, 0.15) is 6.04 Å². The fraction of sp³-hybridized carbons (Fsp3) is 0.417. The van der Waals surface area contributed by atoms with Crippen molar-refractivity contribution in [3.8, 4) is 0 Å². The van der Waals surface area contributed by atoms with Gasteiger partial charge < -0.3 is 10.2 Å². The zero-order valence-corrected chi connectivity index (χ0v) is 18.8. The van der Waals surface area contributed by atoms with Gasteiger partial charge in [0.2, 0.25) is 11.8 Å². The van der Waals surface area contributed by atoms with E-state index in [0.29, 0.717) is 16.6 Å². The lowest BCUT2D eigenvalue weighted by Crippen LogP contribution is -2.50. The van der Waals surface area contributed by atoms with Gasteiger partial charge in [-0.25, -0.2) is 0 Å². The topological polar surface area (TPSA) is 49.4 Å². The van der Waals surface area contributed by atoms with E-state index in [4.69, 9.17) is 23.2 Å². The minimum Gasteiger partial charge on any atom is -0.352 e. The van der Waals surface area contributed by atoms with E-state index in [0.717, 1.165) is 36.8 Å². The predicted molar refractivity (Wildman–Crippen MR) is 122 cm³/mol. The zero-order valence-electron chi connectivity index (χ0n) is 17.2. The van der Waals surface area contributed by atoms with Gasteiger partial charge in [0.15, 0.2) is 0 Å². The average Bonchev–Trinajstić information content (AvgIpc) is 2.75. The Morgan fingerprint density at radius 3 is 2.37 bits per heavy atom. The summed E-state index contributed by atoms with van der Waals surface area (Å²) in [6.07, 6.45) is 5.68. The highest BCUT2D eigenvalue weighted by Crippen LogP contribution is 2.24. The molecule has 0 saturated heterocycles. The van der Waals surface area contributed by atoms with Crippen LogP contribution < -0.4 is 5.32 Å². The van der Waals surface area contributed by atoms with Crippen molar-refractivity contribution in [2.45, 2.75) is 64.1 Å². The molecule has 0 heterocycles. The van der Waals surface area contributed by atoms with Crippen molar-refractivity contribution < 1.29 is 9.59 Å². The van der Waals surface area contributed by atoms with Crippen molar-refractivity contribution in [1.29, 1.82) is 0 Å². The summed E-state index contributed by atoms with van der Waals surface area (Å²) >= 11 is 12.1. The fourth-order valence-corrected chi connectivity index (χ4v) is 4.18. The lowest BCUT2D eigenvalue weighted by Gasteiger charge is -2.31. The van der Waals surface area contributed by atoms with Gasteiger partial charge in [-0.2, -0.15) is 0 Å². The molecule has 0 spiro atoms. The Bertz CT molecular complexity index is 867. The van der Waals surface area contributed by atoms with Gasteiger partial charge in [-0.3, -0.25) is 9.59 Å². The van der Waals surface area contributed by atoms with E-state index >= 15 is 0 Å². The summed E-state index contributed by atoms with van der Waals surface area (Å²) in [5.41, 5.74) is 1.75. The number of hydrogen-bond acceptors (Lipinski definition) is 2. The third-order valence-electron chi connectivity index (χ3n) is 5.65. The maximum absolute atomic E-state index is 13.2. The van der Waals surface area contributed by atoms with E-state index in [1.54, 1.807) is 30.0 Å².